The lowest BCUT2D eigenvalue weighted by Gasteiger charge is -2.08. The molecule has 0 aliphatic rings. The van der Waals surface area contributed by atoms with Gasteiger partial charge in [0.15, 0.2) is 5.78 Å². The van der Waals surface area contributed by atoms with Crippen LogP contribution in [0.15, 0.2) is 42.5 Å². The van der Waals surface area contributed by atoms with E-state index < -0.39 is 5.82 Å². The van der Waals surface area contributed by atoms with Crippen LogP contribution in [-0.2, 0) is 0 Å². The zero-order valence-electron chi connectivity index (χ0n) is 10.7. The Morgan fingerprint density at radius 3 is 2.37 bits per heavy atom. The van der Waals surface area contributed by atoms with E-state index in [4.69, 9.17) is 4.74 Å². The molecular weight excluding hydrogens is 245 g/mol. The van der Waals surface area contributed by atoms with Crippen LogP contribution in [0.4, 0.5) is 15.8 Å². The molecule has 0 amide bonds. The summed E-state index contributed by atoms with van der Waals surface area (Å²) in [7, 11) is 1.59. The first kappa shape index (κ1) is 13.1. The predicted octanol–water partition coefficient (Wildman–Crippen LogP) is 3.78. The molecule has 2 aromatic rings. The Balaban J connectivity index is 2.24. The van der Waals surface area contributed by atoms with Crippen LogP contribution in [0.5, 0.6) is 5.75 Å². The molecule has 0 atom stereocenters. The quantitative estimate of drug-likeness (QED) is 0.849. The summed E-state index contributed by atoms with van der Waals surface area (Å²) in [5, 5.41) is 3.04. The maximum Gasteiger partial charge on any atom is 0.159 e. The molecule has 3 nitrogen and oxygen atoms in total. The average molecular weight is 259 g/mol. The highest BCUT2D eigenvalue weighted by Gasteiger charge is 2.05. The molecule has 0 aromatic heterocycles. The minimum atomic E-state index is -0.441. The number of ketones is 1. The number of benzene rings is 2. The Labute approximate surface area is 111 Å². The van der Waals surface area contributed by atoms with Gasteiger partial charge in [0.1, 0.15) is 11.6 Å². The molecule has 19 heavy (non-hydrogen) atoms. The Kier molecular flexibility index (Phi) is 3.80. The van der Waals surface area contributed by atoms with E-state index in [0.29, 0.717) is 11.3 Å². The summed E-state index contributed by atoms with van der Waals surface area (Å²) < 4.78 is 18.5. The van der Waals surface area contributed by atoms with Crippen LogP contribution in [0, 0.1) is 5.82 Å². The van der Waals surface area contributed by atoms with Gasteiger partial charge in [-0.25, -0.2) is 4.39 Å². The van der Waals surface area contributed by atoms with Crippen LogP contribution in [-0.4, -0.2) is 12.9 Å². The highest BCUT2D eigenvalue weighted by Crippen LogP contribution is 2.22. The number of methoxy groups -OCH3 is 1. The summed E-state index contributed by atoms with van der Waals surface area (Å²) in [4.78, 5) is 11.3. The van der Waals surface area contributed by atoms with Crippen molar-refractivity contribution in [2.24, 2.45) is 0 Å². The molecular formula is C15H14FNO2. The first-order valence-corrected chi connectivity index (χ1v) is 5.81. The van der Waals surface area contributed by atoms with Gasteiger partial charge in [-0.2, -0.15) is 0 Å². The van der Waals surface area contributed by atoms with Gasteiger partial charge in [0, 0.05) is 16.9 Å². The Morgan fingerprint density at radius 1 is 1.11 bits per heavy atom. The van der Waals surface area contributed by atoms with Crippen molar-refractivity contribution in [1.82, 2.24) is 0 Å². The number of carbonyl (C=O) groups is 1. The van der Waals surface area contributed by atoms with Gasteiger partial charge in [-0.05, 0) is 49.4 Å². The fraction of sp³-hybridized carbons (Fsp3) is 0.133. The lowest BCUT2D eigenvalue weighted by Crippen LogP contribution is -1.97. The number of hydrogen-bond acceptors (Lipinski definition) is 3. The average Bonchev–Trinajstić information content (AvgIpc) is 2.39. The van der Waals surface area contributed by atoms with E-state index in [-0.39, 0.29) is 5.78 Å². The number of carbonyl (C=O) groups excluding carboxylic acids is 1. The van der Waals surface area contributed by atoms with Crippen molar-refractivity contribution in [3.8, 4) is 5.75 Å². The van der Waals surface area contributed by atoms with E-state index in [1.54, 1.807) is 25.3 Å². The number of nitrogens with one attached hydrogen (secondary N) is 1. The minimum absolute atomic E-state index is 0.169. The second-order valence-corrected chi connectivity index (χ2v) is 4.14. The molecule has 0 unspecified atom stereocenters. The standard InChI is InChI=1S/C15H14FNO2/c1-10(18)11-7-12(16)9-14(8-11)17-13-3-5-15(19-2)6-4-13/h3-9,17H,1-2H3. The summed E-state index contributed by atoms with van der Waals surface area (Å²) in [6.07, 6.45) is 0. The van der Waals surface area contributed by atoms with Gasteiger partial charge >= 0.3 is 0 Å². The minimum Gasteiger partial charge on any atom is -0.497 e. The van der Waals surface area contributed by atoms with Crippen LogP contribution in [0.25, 0.3) is 0 Å². The van der Waals surface area contributed by atoms with Crippen molar-refractivity contribution < 1.29 is 13.9 Å². The van der Waals surface area contributed by atoms with Crippen molar-refractivity contribution >= 4 is 17.2 Å². The number of Topliss-reactive ketones (excluding diaryl/α,β-unsaturated/α-hetero) is 1. The fourth-order valence-electron chi connectivity index (χ4n) is 1.71. The number of anilines is 2. The van der Waals surface area contributed by atoms with Crippen molar-refractivity contribution in [3.63, 3.8) is 0 Å². The maximum absolute atomic E-state index is 13.4. The van der Waals surface area contributed by atoms with Crippen LogP contribution in [0.2, 0.25) is 0 Å². The van der Waals surface area contributed by atoms with Gasteiger partial charge in [0.25, 0.3) is 0 Å². The lowest BCUT2D eigenvalue weighted by atomic mass is 10.1. The smallest absolute Gasteiger partial charge is 0.159 e. The Morgan fingerprint density at radius 2 is 1.79 bits per heavy atom. The second kappa shape index (κ2) is 5.52. The summed E-state index contributed by atoms with van der Waals surface area (Å²) in [5.41, 5.74) is 1.67. The number of rotatable bonds is 4. The topological polar surface area (TPSA) is 38.3 Å². The molecule has 4 heteroatoms. The van der Waals surface area contributed by atoms with E-state index in [1.165, 1.54) is 19.1 Å². The van der Waals surface area contributed by atoms with Gasteiger partial charge in [-0.15, -0.1) is 0 Å². The van der Waals surface area contributed by atoms with E-state index in [0.717, 1.165) is 11.4 Å². The zero-order chi connectivity index (χ0) is 13.8. The Bertz CT molecular complexity index is 594. The predicted molar refractivity (Wildman–Crippen MR) is 72.7 cm³/mol. The molecule has 0 saturated heterocycles. The maximum atomic E-state index is 13.4. The number of halogens is 1. The molecule has 0 aliphatic carbocycles. The monoisotopic (exact) mass is 259 g/mol. The van der Waals surface area contributed by atoms with Gasteiger partial charge in [-0.3, -0.25) is 4.79 Å². The van der Waals surface area contributed by atoms with Crippen molar-refractivity contribution in [3.05, 3.63) is 53.8 Å². The van der Waals surface area contributed by atoms with Gasteiger partial charge in [0.2, 0.25) is 0 Å². The SMILES string of the molecule is COc1ccc(Nc2cc(F)cc(C(C)=O)c2)cc1. The Hall–Kier alpha value is -2.36. The normalized spacial score (nSPS) is 10.1. The first-order valence-electron chi connectivity index (χ1n) is 5.81. The molecule has 0 spiro atoms. The molecule has 2 aromatic carbocycles. The van der Waals surface area contributed by atoms with E-state index in [2.05, 4.69) is 5.32 Å². The summed E-state index contributed by atoms with van der Waals surface area (Å²) >= 11 is 0. The highest BCUT2D eigenvalue weighted by molar-refractivity contribution is 5.95. The highest BCUT2D eigenvalue weighted by atomic mass is 19.1. The third-order valence-corrected chi connectivity index (χ3v) is 2.68. The molecule has 1 N–H and O–H groups in total. The summed E-state index contributed by atoms with van der Waals surface area (Å²) in [6.45, 7) is 1.41. The third-order valence-electron chi connectivity index (χ3n) is 2.68. The number of ether oxygens (including phenoxy) is 1. The fourth-order valence-corrected chi connectivity index (χ4v) is 1.71. The third kappa shape index (κ3) is 3.31. The molecule has 0 heterocycles. The van der Waals surface area contributed by atoms with E-state index >= 15 is 0 Å². The van der Waals surface area contributed by atoms with Gasteiger partial charge < -0.3 is 10.1 Å². The van der Waals surface area contributed by atoms with Crippen molar-refractivity contribution in [1.29, 1.82) is 0 Å². The largest absolute Gasteiger partial charge is 0.497 e. The molecule has 0 aliphatic heterocycles. The van der Waals surface area contributed by atoms with Crippen LogP contribution in [0.1, 0.15) is 17.3 Å². The number of hydrogen-bond donors (Lipinski definition) is 1. The summed E-state index contributed by atoms with van der Waals surface area (Å²) in [6, 6.07) is 11.4. The second-order valence-electron chi connectivity index (χ2n) is 4.14. The molecule has 0 radical (unpaired) electrons. The van der Waals surface area contributed by atoms with E-state index in [1.807, 2.05) is 12.1 Å². The van der Waals surface area contributed by atoms with Crippen molar-refractivity contribution in [2.45, 2.75) is 6.92 Å². The molecule has 0 saturated carbocycles. The van der Waals surface area contributed by atoms with Gasteiger partial charge in [-0.1, -0.05) is 0 Å². The molecule has 98 valence electrons. The molecule has 0 fully saturated rings. The molecule has 2 rings (SSSR count). The van der Waals surface area contributed by atoms with E-state index in [9.17, 15) is 9.18 Å². The van der Waals surface area contributed by atoms with Crippen LogP contribution < -0.4 is 10.1 Å². The van der Waals surface area contributed by atoms with Crippen LogP contribution >= 0.6 is 0 Å². The van der Waals surface area contributed by atoms with Crippen molar-refractivity contribution in [2.75, 3.05) is 12.4 Å². The zero-order valence-corrected chi connectivity index (χ0v) is 10.7. The first-order chi connectivity index (χ1) is 9.08. The lowest BCUT2D eigenvalue weighted by molar-refractivity contribution is 0.101. The van der Waals surface area contributed by atoms with Crippen LogP contribution in [0.3, 0.4) is 0 Å². The van der Waals surface area contributed by atoms with Gasteiger partial charge in [0.05, 0.1) is 7.11 Å². The summed E-state index contributed by atoms with van der Waals surface area (Å²) in [5.74, 6) is 0.134. The molecule has 0 bridgehead atoms.